The van der Waals surface area contributed by atoms with Crippen LogP contribution in [0.3, 0.4) is 0 Å². The Morgan fingerprint density at radius 2 is 2.24 bits per heavy atom. The van der Waals surface area contributed by atoms with Gasteiger partial charge >= 0.3 is 0 Å². The van der Waals surface area contributed by atoms with Crippen molar-refractivity contribution in [3.05, 3.63) is 0 Å². The fourth-order valence-electron chi connectivity index (χ4n) is 4.30. The Balaban J connectivity index is 0.00000161. The summed E-state index contributed by atoms with van der Waals surface area (Å²) < 4.78 is 11.1. The minimum atomic E-state index is 0. The van der Waals surface area contributed by atoms with Crippen molar-refractivity contribution in [3.8, 4) is 0 Å². The van der Waals surface area contributed by atoms with Crippen LogP contribution < -0.4 is 10.6 Å². The highest BCUT2D eigenvalue weighted by Crippen LogP contribution is 2.62. The second kappa shape index (κ2) is 7.00. The smallest absolute Gasteiger partial charge is 0.191 e. The number of hydrogen-bond acceptors (Lipinski definition) is 3. The van der Waals surface area contributed by atoms with Gasteiger partial charge in [0.15, 0.2) is 5.96 Å². The van der Waals surface area contributed by atoms with Crippen LogP contribution in [0.2, 0.25) is 0 Å². The molecule has 1 saturated heterocycles. The molecule has 0 aromatic carbocycles. The van der Waals surface area contributed by atoms with Crippen molar-refractivity contribution in [1.29, 1.82) is 0 Å². The van der Waals surface area contributed by atoms with Gasteiger partial charge in [-0.3, -0.25) is 4.99 Å². The topological polar surface area (TPSA) is 54.9 Å². The van der Waals surface area contributed by atoms with Crippen molar-refractivity contribution >= 4 is 29.9 Å². The summed E-state index contributed by atoms with van der Waals surface area (Å²) in [7, 11) is 3.56. The molecule has 0 aromatic rings. The molecular weight excluding hydrogens is 381 g/mol. The number of guanidine groups is 1. The first-order chi connectivity index (χ1) is 9.71. The van der Waals surface area contributed by atoms with Crippen LogP contribution in [0.5, 0.6) is 0 Å². The average molecular weight is 409 g/mol. The summed E-state index contributed by atoms with van der Waals surface area (Å²) in [4.78, 5) is 4.37. The molecule has 1 aliphatic heterocycles. The van der Waals surface area contributed by atoms with Gasteiger partial charge in [-0.25, -0.2) is 0 Å². The number of ether oxygens (including phenoxy) is 2. The van der Waals surface area contributed by atoms with Crippen molar-refractivity contribution in [1.82, 2.24) is 10.6 Å². The number of halogens is 1. The lowest BCUT2D eigenvalue weighted by Gasteiger charge is -2.63. The molecule has 2 aliphatic carbocycles. The Kier molecular flexibility index (Phi) is 5.76. The zero-order valence-electron chi connectivity index (χ0n) is 13.2. The molecule has 1 heterocycles. The zero-order valence-corrected chi connectivity index (χ0v) is 15.6. The number of aliphatic imine (C=N–C) groups is 1. The zero-order chi connectivity index (χ0) is 14.2. The van der Waals surface area contributed by atoms with E-state index in [1.54, 1.807) is 7.11 Å². The Bertz CT molecular complexity index is 387. The first-order valence-electron chi connectivity index (χ1n) is 7.81. The Morgan fingerprint density at radius 3 is 2.81 bits per heavy atom. The van der Waals surface area contributed by atoms with Gasteiger partial charge in [-0.15, -0.1) is 24.0 Å². The Labute approximate surface area is 144 Å². The first-order valence-corrected chi connectivity index (χ1v) is 7.81. The average Bonchev–Trinajstić information content (AvgIpc) is 2.78. The Hall–Kier alpha value is -0.0800. The molecule has 4 atom stereocenters. The van der Waals surface area contributed by atoms with E-state index in [0.717, 1.165) is 12.6 Å². The van der Waals surface area contributed by atoms with Crippen molar-refractivity contribution in [3.63, 3.8) is 0 Å². The quantitative estimate of drug-likeness (QED) is 0.422. The molecule has 0 bridgehead atoms. The lowest BCUT2D eigenvalue weighted by Crippen LogP contribution is -2.72. The molecule has 2 N–H and O–H groups in total. The highest BCUT2D eigenvalue weighted by atomic mass is 127. The van der Waals surface area contributed by atoms with E-state index in [-0.39, 0.29) is 30.0 Å². The van der Waals surface area contributed by atoms with E-state index in [1.165, 1.54) is 25.7 Å². The lowest BCUT2D eigenvalue weighted by molar-refractivity contribution is -0.171. The highest BCUT2D eigenvalue weighted by Gasteiger charge is 2.66. The predicted molar refractivity (Wildman–Crippen MR) is 94.3 cm³/mol. The highest BCUT2D eigenvalue weighted by molar-refractivity contribution is 14.0. The summed E-state index contributed by atoms with van der Waals surface area (Å²) in [6.07, 6.45) is 5.64. The van der Waals surface area contributed by atoms with Crippen molar-refractivity contribution in [2.75, 3.05) is 27.4 Å². The van der Waals surface area contributed by atoms with Crippen LogP contribution in [0.1, 0.15) is 32.6 Å². The number of fused-ring (bicyclic) bond motifs is 2. The van der Waals surface area contributed by atoms with Crippen molar-refractivity contribution in [2.45, 2.75) is 50.8 Å². The minimum Gasteiger partial charge on any atom is -0.383 e. The van der Waals surface area contributed by atoms with Crippen LogP contribution in [0, 0.1) is 11.3 Å². The lowest BCUT2D eigenvalue weighted by atomic mass is 9.46. The van der Waals surface area contributed by atoms with E-state index in [2.05, 4.69) is 22.5 Å². The summed E-state index contributed by atoms with van der Waals surface area (Å²) in [5.41, 5.74) is 0.392. The van der Waals surface area contributed by atoms with Gasteiger partial charge in [0.25, 0.3) is 0 Å². The number of methoxy groups -OCH3 is 1. The monoisotopic (exact) mass is 409 g/mol. The molecule has 2 saturated carbocycles. The van der Waals surface area contributed by atoms with Crippen LogP contribution >= 0.6 is 24.0 Å². The third kappa shape index (κ3) is 2.91. The van der Waals surface area contributed by atoms with E-state index in [0.29, 0.717) is 30.1 Å². The van der Waals surface area contributed by atoms with Crippen LogP contribution in [0.15, 0.2) is 4.99 Å². The maximum absolute atomic E-state index is 5.95. The summed E-state index contributed by atoms with van der Waals surface area (Å²) in [5, 5.41) is 7.07. The molecule has 3 aliphatic rings. The number of hydrogen-bond donors (Lipinski definition) is 2. The second-order valence-corrected chi connectivity index (χ2v) is 6.53. The van der Waals surface area contributed by atoms with Gasteiger partial charge < -0.3 is 20.1 Å². The van der Waals surface area contributed by atoms with Gasteiger partial charge in [-0.2, -0.15) is 0 Å². The van der Waals surface area contributed by atoms with E-state index < -0.39 is 0 Å². The normalized spacial score (nSPS) is 34.2. The number of nitrogens with zero attached hydrogens (tertiary/aromatic N) is 1. The first kappa shape index (κ1) is 17.3. The predicted octanol–water partition coefficient (Wildman–Crippen LogP) is 1.76. The Morgan fingerprint density at radius 1 is 1.48 bits per heavy atom. The molecule has 122 valence electrons. The maximum atomic E-state index is 5.95. The number of rotatable bonds is 4. The summed E-state index contributed by atoms with van der Waals surface area (Å²) in [6, 6.07) is 0.795. The third-order valence-corrected chi connectivity index (χ3v) is 5.35. The molecule has 21 heavy (non-hydrogen) atoms. The summed E-state index contributed by atoms with van der Waals surface area (Å²) in [6.45, 7) is 3.73. The van der Waals surface area contributed by atoms with E-state index >= 15 is 0 Å². The molecule has 6 heteroatoms. The maximum Gasteiger partial charge on any atom is 0.191 e. The summed E-state index contributed by atoms with van der Waals surface area (Å²) in [5.74, 6) is 1.57. The van der Waals surface area contributed by atoms with Crippen LogP contribution in [-0.2, 0) is 9.47 Å². The van der Waals surface area contributed by atoms with Crippen LogP contribution in [-0.4, -0.2) is 51.5 Å². The van der Waals surface area contributed by atoms with Crippen molar-refractivity contribution in [2.24, 2.45) is 16.3 Å². The van der Waals surface area contributed by atoms with Gasteiger partial charge in [-0.1, -0.05) is 6.42 Å². The standard InChI is InChI=1S/C15H27N3O2.HI/c1-10(9-19-3)17-14(16-2)18-12-11-5-8-20-13(11)15(12)6-4-7-15;/h10-13H,4-9H2,1-3H3,(H2,16,17,18);1H. The molecular formula is C15H28IN3O2. The van der Waals surface area contributed by atoms with Gasteiger partial charge in [0.2, 0.25) is 0 Å². The molecule has 0 radical (unpaired) electrons. The van der Waals surface area contributed by atoms with Gasteiger partial charge in [0.1, 0.15) is 0 Å². The molecule has 0 aromatic heterocycles. The molecule has 3 rings (SSSR count). The molecule has 4 unspecified atom stereocenters. The largest absolute Gasteiger partial charge is 0.383 e. The van der Waals surface area contributed by atoms with Crippen molar-refractivity contribution < 1.29 is 9.47 Å². The van der Waals surface area contributed by atoms with E-state index in [4.69, 9.17) is 9.47 Å². The molecule has 0 amide bonds. The van der Waals surface area contributed by atoms with E-state index in [1.807, 2.05) is 7.05 Å². The number of nitrogens with one attached hydrogen (secondary N) is 2. The minimum absolute atomic E-state index is 0. The van der Waals surface area contributed by atoms with Crippen LogP contribution in [0.25, 0.3) is 0 Å². The SMILES string of the molecule is CN=C(NC(C)COC)NC1C2CCOC2C12CCC2.I. The molecule has 3 fully saturated rings. The third-order valence-electron chi connectivity index (χ3n) is 5.35. The fourth-order valence-corrected chi connectivity index (χ4v) is 4.30. The second-order valence-electron chi connectivity index (χ2n) is 6.53. The van der Waals surface area contributed by atoms with Gasteiger partial charge in [-0.05, 0) is 26.2 Å². The van der Waals surface area contributed by atoms with Gasteiger partial charge in [0, 0.05) is 44.2 Å². The van der Waals surface area contributed by atoms with Gasteiger partial charge in [0.05, 0.1) is 12.7 Å². The molecule has 1 spiro atoms. The molecule has 5 nitrogen and oxygen atoms in total. The van der Waals surface area contributed by atoms with E-state index in [9.17, 15) is 0 Å². The fraction of sp³-hybridized carbons (Fsp3) is 0.933. The van der Waals surface area contributed by atoms with Crippen LogP contribution in [0.4, 0.5) is 0 Å². The summed E-state index contributed by atoms with van der Waals surface area (Å²) >= 11 is 0.